The van der Waals surface area contributed by atoms with E-state index in [9.17, 15) is 14.7 Å². The molecule has 0 spiro atoms. The molecule has 0 aromatic heterocycles. The highest BCUT2D eigenvalue weighted by atomic mass is 16.4. The smallest absolute Gasteiger partial charge is 0.337 e. The number of phenolic OH excluding ortho intramolecular Hbond substituents is 1. The second-order valence-corrected chi connectivity index (χ2v) is 4.34. The molecular formula is C16H13NO4. The van der Waals surface area contributed by atoms with E-state index in [1.54, 1.807) is 6.08 Å². The zero-order valence-corrected chi connectivity index (χ0v) is 11.0. The summed E-state index contributed by atoms with van der Waals surface area (Å²) in [5.74, 6) is -2.24. The maximum absolute atomic E-state index is 12.0. The van der Waals surface area contributed by atoms with Crippen molar-refractivity contribution in [2.24, 2.45) is 0 Å². The van der Waals surface area contributed by atoms with Gasteiger partial charge < -0.3 is 15.9 Å². The Morgan fingerprint density at radius 2 is 1.62 bits per heavy atom. The van der Waals surface area contributed by atoms with Crippen molar-refractivity contribution in [3.8, 4) is 5.75 Å². The number of nitrogens with two attached hydrogens (primary N) is 1. The molecule has 0 saturated carbocycles. The normalized spacial score (nSPS) is 10.7. The van der Waals surface area contributed by atoms with E-state index >= 15 is 0 Å². The Morgan fingerprint density at radius 1 is 1.00 bits per heavy atom. The molecule has 5 nitrogen and oxygen atoms in total. The largest absolute Gasteiger partial charge is 0.505 e. The van der Waals surface area contributed by atoms with Gasteiger partial charge in [-0.3, -0.25) is 4.79 Å². The van der Waals surface area contributed by atoms with E-state index in [-0.39, 0.29) is 16.8 Å². The molecule has 0 bridgehead atoms. The number of ketones is 1. The number of phenols is 1. The van der Waals surface area contributed by atoms with Gasteiger partial charge in [0, 0.05) is 0 Å². The Kier molecular flexibility index (Phi) is 4.04. The first-order valence-electron chi connectivity index (χ1n) is 6.13. The number of carboxylic acid groups (broad SMARTS) is 1. The summed E-state index contributed by atoms with van der Waals surface area (Å²) in [6.45, 7) is 0. The molecule has 5 heteroatoms. The van der Waals surface area contributed by atoms with E-state index in [1.165, 1.54) is 18.2 Å². The van der Waals surface area contributed by atoms with Gasteiger partial charge >= 0.3 is 5.97 Å². The Labute approximate surface area is 121 Å². The van der Waals surface area contributed by atoms with E-state index in [0.717, 1.165) is 5.56 Å². The highest BCUT2D eigenvalue weighted by molar-refractivity contribution is 6.11. The van der Waals surface area contributed by atoms with Gasteiger partial charge in [0.1, 0.15) is 5.75 Å². The molecule has 2 rings (SSSR count). The van der Waals surface area contributed by atoms with Crippen molar-refractivity contribution in [2.75, 3.05) is 5.73 Å². The van der Waals surface area contributed by atoms with Gasteiger partial charge in [0.15, 0.2) is 5.78 Å². The van der Waals surface area contributed by atoms with Crippen LogP contribution in [0.3, 0.4) is 0 Å². The summed E-state index contributed by atoms with van der Waals surface area (Å²) >= 11 is 0. The number of rotatable bonds is 4. The molecule has 0 radical (unpaired) electrons. The van der Waals surface area contributed by atoms with Gasteiger partial charge in [0.2, 0.25) is 0 Å². The third kappa shape index (κ3) is 3.09. The predicted molar refractivity (Wildman–Crippen MR) is 79.3 cm³/mol. The van der Waals surface area contributed by atoms with Crippen LogP contribution in [0, 0.1) is 0 Å². The number of hydrogen-bond acceptors (Lipinski definition) is 4. The Morgan fingerprint density at radius 3 is 2.24 bits per heavy atom. The van der Waals surface area contributed by atoms with Crippen LogP contribution in [0.25, 0.3) is 6.08 Å². The van der Waals surface area contributed by atoms with E-state index in [2.05, 4.69) is 0 Å². The highest BCUT2D eigenvalue weighted by Gasteiger charge is 2.17. The number of aromatic carboxylic acids is 1. The standard InChI is InChI=1S/C16H13NO4/c17-14-12(16(20)21)8-7-11(15(14)19)13(18)9-6-10-4-2-1-3-5-10/h1-9,19H,17H2,(H,20,21). The number of benzene rings is 2. The summed E-state index contributed by atoms with van der Waals surface area (Å²) in [7, 11) is 0. The van der Waals surface area contributed by atoms with Crippen molar-refractivity contribution >= 4 is 23.5 Å². The molecule has 106 valence electrons. The molecule has 0 atom stereocenters. The average molecular weight is 283 g/mol. The van der Waals surface area contributed by atoms with Gasteiger partial charge in [0.25, 0.3) is 0 Å². The average Bonchev–Trinajstić information content (AvgIpc) is 2.48. The van der Waals surface area contributed by atoms with Crippen LogP contribution in [0.4, 0.5) is 5.69 Å². The minimum Gasteiger partial charge on any atom is -0.505 e. The van der Waals surface area contributed by atoms with Gasteiger partial charge in [0.05, 0.1) is 16.8 Å². The van der Waals surface area contributed by atoms with E-state index in [4.69, 9.17) is 10.8 Å². The lowest BCUT2D eigenvalue weighted by atomic mass is 10.0. The molecule has 2 aromatic rings. The summed E-state index contributed by atoms with van der Waals surface area (Å²) in [6, 6.07) is 11.6. The van der Waals surface area contributed by atoms with Crippen LogP contribution in [0.2, 0.25) is 0 Å². The van der Waals surface area contributed by atoms with Gasteiger partial charge in [-0.25, -0.2) is 4.79 Å². The van der Waals surface area contributed by atoms with Crippen LogP contribution in [0.15, 0.2) is 48.5 Å². The zero-order valence-electron chi connectivity index (χ0n) is 11.0. The molecule has 0 aliphatic heterocycles. The molecular weight excluding hydrogens is 270 g/mol. The summed E-state index contributed by atoms with van der Waals surface area (Å²) in [6.07, 6.45) is 2.90. The Balaban J connectivity index is 2.30. The first-order chi connectivity index (χ1) is 10.0. The molecule has 0 amide bonds. The first kappa shape index (κ1) is 14.3. The number of aromatic hydroxyl groups is 1. The molecule has 4 N–H and O–H groups in total. The first-order valence-corrected chi connectivity index (χ1v) is 6.13. The highest BCUT2D eigenvalue weighted by Crippen LogP contribution is 2.29. The van der Waals surface area contributed by atoms with Crippen molar-refractivity contribution in [2.45, 2.75) is 0 Å². The van der Waals surface area contributed by atoms with Crippen molar-refractivity contribution in [1.29, 1.82) is 0 Å². The SMILES string of the molecule is Nc1c(C(=O)O)ccc(C(=O)C=Cc2ccccc2)c1O. The van der Waals surface area contributed by atoms with Crippen LogP contribution < -0.4 is 5.73 Å². The second-order valence-electron chi connectivity index (χ2n) is 4.34. The van der Waals surface area contributed by atoms with Gasteiger partial charge in [-0.05, 0) is 23.8 Å². The van der Waals surface area contributed by atoms with Crippen molar-refractivity contribution in [3.63, 3.8) is 0 Å². The maximum Gasteiger partial charge on any atom is 0.337 e. The van der Waals surface area contributed by atoms with Gasteiger partial charge in [-0.2, -0.15) is 0 Å². The lowest BCUT2D eigenvalue weighted by Gasteiger charge is -2.07. The quantitative estimate of drug-likeness (QED) is 0.346. The number of carboxylic acids is 1. The number of hydrogen-bond donors (Lipinski definition) is 3. The van der Waals surface area contributed by atoms with E-state index in [0.29, 0.717) is 0 Å². The number of carbonyl (C=O) groups is 2. The topological polar surface area (TPSA) is 101 Å². The Bertz CT molecular complexity index is 721. The monoisotopic (exact) mass is 283 g/mol. The molecule has 0 saturated heterocycles. The van der Waals surface area contributed by atoms with Crippen LogP contribution in [-0.4, -0.2) is 22.0 Å². The molecule has 0 heterocycles. The molecule has 2 aromatic carbocycles. The summed E-state index contributed by atoms with van der Waals surface area (Å²) in [4.78, 5) is 22.9. The minimum atomic E-state index is -1.26. The zero-order chi connectivity index (χ0) is 15.4. The number of allylic oxidation sites excluding steroid dienone is 1. The fourth-order valence-corrected chi connectivity index (χ4v) is 1.82. The third-order valence-electron chi connectivity index (χ3n) is 2.94. The number of anilines is 1. The van der Waals surface area contributed by atoms with E-state index in [1.807, 2.05) is 30.3 Å². The Hall–Kier alpha value is -3.08. The van der Waals surface area contributed by atoms with Crippen molar-refractivity contribution < 1.29 is 19.8 Å². The molecule has 0 aliphatic rings. The van der Waals surface area contributed by atoms with E-state index < -0.39 is 17.5 Å². The third-order valence-corrected chi connectivity index (χ3v) is 2.94. The van der Waals surface area contributed by atoms with Crippen molar-refractivity contribution in [3.05, 3.63) is 65.2 Å². The van der Waals surface area contributed by atoms with Gasteiger partial charge in [-0.15, -0.1) is 0 Å². The molecule has 0 fully saturated rings. The summed E-state index contributed by atoms with van der Waals surface area (Å²) in [5.41, 5.74) is 5.76. The molecule has 21 heavy (non-hydrogen) atoms. The predicted octanol–water partition coefficient (Wildman–Crippen LogP) is 2.57. The molecule has 0 aliphatic carbocycles. The summed E-state index contributed by atoms with van der Waals surface area (Å²) in [5, 5.41) is 18.7. The fraction of sp³-hybridized carbons (Fsp3) is 0. The fourth-order valence-electron chi connectivity index (χ4n) is 1.82. The second kappa shape index (κ2) is 5.92. The van der Waals surface area contributed by atoms with Gasteiger partial charge in [-0.1, -0.05) is 36.4 Å². The van der Waals surface area contributed by atoms with Crippen LogP contribution in [-0.2, 0) is 0 Å². The van der Waals surface area contributed by atoms with Crippen LogP contribution in [0.5, 0.6) is 5.75 Å². The minimum absolute atomic E-state index is 0.0373. The number of carbonyl (C=O) groups excluding carboxylic acids is 1. The lowest BCUT2D eigenvalue weighted by molar-refractivity contribution is 0.0697. The number of nitrogen functional groups attached to an aromatic ring is 1. The van der Waals surface area contributed by atoms with Crippen LogP contribution >= 0.6 is 0 Å². The lowest BCUT2D eigenvalue weighted by Crippen LogP contribution is -2.05. The maximum atomic E-state index is 12.0. The summed E-state index contributed by atoms with van der Waals surface area (Å²) < 4.78 is 0. The van der Waals surface area contributed by atoms with Crippen LogP contribution in [0.1, 0.15) is 26.3 Å². The molecule has 0 unspecified atom stereocenters. The van der Waals surface area contributed by atoms with Crippen molar-refractivity contribution in [1.82, 2.24) is 0 Å².